The zero-order chi connectivity index (χ0) is 18.1. The first-order valence-electron chi connectivity index (χ1n) is 7.71. The molecule has 0 saturated heterocycles. The number of rotatable bonds is 4. The van der Waals surface area contributed by atoms with Crippen LogP contribution in [0, 0.1) is 39.0 Å². The number of nitrogens with zero attached hydrogens (tertiary/aromatic N) is 2. The Labute approximate surface area is 144 Å². The highest BCUT2D eigenvalue weighted by Crippen LogP contribution is 2.28. The normalized spacial score (nSPS) is 11.5. The lowest BCUT2D eigenvalue weighted by Crippen LogP contribution is -2.28. The summed E-state index contributed by atoms with van der Waals surface area (Å²) in [6.45, 7) is 7.83. The molecule has 0 unspecified atom stereocenters. The molecule has 0 saturated carbocycles. The van der Waals surface area contributed by atoms with Crippen molar-refractivity contribution in [2.75, 3.05) is 7.05 Å². The van der Waals surface area contributed by atoms with Gasteiger partial charge in [0.1, 0.15) is 0 Å². The second kappa shape index (κ2) is 6.76. The molecule has 2 aromatic carbocycles. The van der Waals surface area contributed by atoms with Gasteiger partial charge >= 0.3 is 0 Å². The molecule has 0 bridgehead atoms. The Morgan fingerprint density at radius 2 is 1.50 bits per heavy atom. The fourth-order valence-electron chi connectivity index (χ4n) is 2.75. The standard InChI is InChI=1S/C19H22N2O2S/c1-13-10-14(2)16(4)19(15(13)3)24(22,23)21(5)12-18-8-6-17(11-20)7-9-18/h6-10H,12H2,1-5H3. The van der Waals surface area contributed by atoms with Crippen LogP contribution in [0.5, 0.6) is 0 Å². The van der Waals surface area contributed by atoms with E-state index in [9.17, 15) is 8.42 Å². The Bertz CT molecular complexity index is 882. The van der Waals surface area contributed by atoms with Crippen molar-refractivity contribution in [1.29, 1.82) is 5.26 Å². The van der Waals surface area contributed by atoms with Crippen molar-refractivity contribution in [3.05, 3.63) is 63.7 Å². The molecule has 0 aliphatic carbocycles. The van der Waals surface area contributed by atoms with Crippen LogP contribution < -0.4 is 0 Å². The number of hydrogen-bond acceptors (Lipinski definition) is 3. The summed E-state index contributed by atoms with van der Waals surface area (Å²) in [7, 11) is -2.00. The van der Waals surface area contributed by atoms with Gasteiger partial charge in [-0.25, -0.2) is 8.42 Å². The van der Waals surface area contributed by atoms with E-state index < -0.39 is 10.0 Å². The molecule has 2 rings (SSSR count). The minimum Gasteiger partial charge on any atom is -0.207 e. The first kappa shape index (κ1) is 18.2. The third kappa shape index (κ3) is 3.35. The monoisotopic (exact) mass is 342 g/mol. The number of nitriles is 1. The lowest BCUT2D eigenvalue weighted by Gasteiger charge is -2.22. The van der Waals surface area contributed by atoms with Crippen LogP contribution in [0.3, 0.4) is 0 Å². The van der Waals surface area contributed by atoms with Gasteiger partial charge in [0.2, 0.25) is 10.0 Å². The average Bonchev–Trinajstić information content (AvgIpc) is 2.53. The largest absolute Gasteiger partial charge is 0.243 e. The van der Waals surface area contributed by atoms with E-state index in [0.29, 0.717) is 10.5 Å². The van der Waals surface area contributed by atoms with Crippen LogP contribution in [0.25, 0.3) is 0 Å². The molecule has 0 spiro atoms. The predicted octanol–water partition coefficient (Wildman–Crippen LogP) is 3.61. The Kier molecular flexibility index (Phi) is 5.12. The van der Waals surface area contributed by atoms with Crippen LogP contribution in [0.4, 0.5) is 0 Å². The number of sulfonamides is 1. The maximum absolute atomic E-state index is 13.1. The van der Waals surface area contributed by atoms with Crippen molar-refractivity contribution < 1.29 is 8.42 Å². The van der Waals surface area contributed by atoms with Gasteiger partial charge in [0.15, 0.2) is 0 Å². The van der Waals surface area contributed by atoms with Gasteiger partial charge in [-0.05, 0) is 67.6 Å². The van der Waals surface area contributed by atoms with Crippen molar-refractivity contribution in [2.24, 2.45) is 0 Å². The lowest BCUT2D eigenvalue weighted by atomic mass is 10.0. The quantitative estimate of drug-likeness (QED) is 0.853. The first-order chi connectivity index (χ1) is 11.2. The van der Waals surface area contributed by atoms with Gasteiger partial charge in [0.25, 0.3) is 0 Å². The van der Waals surface area contributed by atoms with E-state index in [1.165, 1.54) is 4.31 Å². The van der Waals surface area contributed by atoms with Crippen LogP contribution in [0.1, 0.15) is 33.4 Å². The van der Waals surface area contributed by atoms with Gasteiger partial charge in [0.05, 0.1) is 16.5 Å². The summed E-state index contributed by atoms with van der Waals surface area (Å²) in [5.41, 5.74) is 4.95. The Balaban J connectivity index is 2.41. The molecule has 0 heterocycles. The molecule has 0 amide bonds. The molecule has 0 aliphatic rings. The van der Waals surface area contributed by atoms with Gasteiger partial charge in [0, 0.05) is 13.6 Å². The zero-order valence-corrected chi connectivity index (χ0v) is 15.5. The summed E-state index contributed by atoms with van der Waals surface area (Å²) < 4.78 is 27.5. The van der Waals surface area contributed by atoms with E-state index in [4.69, 9.17) is 5.26 Å². The summed E-state index contributed by atoms with van der Waals surface area (Å²) in [5, 5.41) is 8.85. The van der Waals surface area contributed by atoms with Gasteiger partial charge in [-0.1, -0.05) is 18.2 Å². The van der Waals surface area contributed by atoms with Crippen LogP contribution in [0.2, 0.25) is 0 Å². The smallest absolute Gasteiger partial charge is 0.207 e. The third-order valence-electron chi connectivity index (χ3n) is 4.45. The van der Waals surface area contributed by atoms with Crippen LogP contribution in [-0.4, -0.2) is 19.8 Å². The molecular weight excluding hydrogens is 320 g/mol. The average molecular weight is 342 g/mol. The van der Waals surface area contributed by atoms with Crippen LogP contribution >= 0.6 is 0 Å². The summed E-state index contributed by atoms with van der Waals surface area (Å²) in [5.74, 6) is 0. The number of hydrogen-bond donors (Lipinski definition) is 0. The summed E-state index contributed by atoms with van der Waals surface area (Å²) in [4.78, 5) is 0.399. The van der Waals surface area contributed by atoms with E-state index in [2.05, 4.69) is 6.07 Å². The molecule has 0 fully saturated rings. The summed E-state index contributed by atoms with van der Waals surface area (Å²) >= 11 is 0. The highest BCUT2D eigenvalue weighted by atomic mass is 32.2. The lowest BCUT2D eigenvalue weighted by molar-refractivity contribution is 0.465. The van der Waals surface area contributed by atoms with Gasteiger partial charge < -0.3 is 0 Å². The molecule has 126 valence electrons. The molecule has 5 heteroatoms. The molecule has 0 N–H and O–H groups in total. The van der Waals surface area contributed by atoms with E-state index in [0.717, 1.165) is 27.8 Å². The molecule has 0 aromatic heterocycles. The summed E-state index contributed by atoms with van der Waals surface area (Å²) in [6.07, 6.45) is 0. The van der Waals surface area contributed by atoms with Crippen molar-refractivity contribution in [3.8, 4) is 6.07 Å². The molecule has 0 atom stereocenters. The molecule has 0 radical (unpaired) electrons. The molecule has 4 nitrogen and oxygen atoms in total. The Morgan fingerprint density at radius 3 is 1.96 bits per heavy atom. The van der Waals surface area contributed by atoms with E-state index in [1.54, 1.807) is 31.3 Å². The van der Waals surface area contributed by atoms with E-state index >= 15 is 0 Å². The summed E-state index contributed by atoms with van der Waals surface area (Å²) in [6, 6.07) is 11.0. The highest BCUT2D eigenvalue weighted by molar-refractivity contribution is 7.89. The third-order valence-corrected chi connectivity index (χ3v) is 6.53. The van der Waals surface area contributed by atoms with Crippen LogP contribution in [0.15, 0.2) is 35.2 Å². The first-order valence-corrected chi connectivity index (χ1v) is 9.15. The van der Waals surface area contributed by atoms with Crippen molar-refractivity contribution in [3.63, 3.8) is 0 Å². The number of benzene rings is 2. The minimum absolute atomic E-state index is 0.264. The maximum Gasteiger partial charge on any atom is 0.243 e. The second-order valence-corrected chi connectivity index (χ2v) is 8.14. The highest BCUT2D eigenvalue weighted by Gasteiger charge is 2.26. The van der Waals surface area contributed by atoms with Gasteiger partial charge in [-0.15, -0.1) is 0 Å². The van der Waals surface area contributed by atoms with Crippen LogP contribution in [-0.2, 0) is 16.6 Å². The van der Waals surface area contributed by atoms with E-state index in [1.807, 2.05) is 33.8 Å². The van der Waals surface area contributed by atoms with Crippen molar-refractivity contribution in [2.45, 2.75) is 39.1 Å². The molecule has 0 aliphatic heterocycles. The zero-order valence-electron chi connectivity index (χ0n) is 14.7. The fraction of sp³-hybridized carbons (Fsp3) is 0.316. The molecule has 24 heavy (non-hydrogen) atoms. The topological polar surface area (TPSA) is 61.2 Å². The predicted molar refractivity (Wildman–Crippen MR) is 95.2 cm³/mol. The van der Waals surface area contributed by atoms with Gasteiger partial charge in [-0.3, -0.25) is 0 Å². The Hall–Kier alpha value is -2.16. The van der Waals surface area contributed by atoms with E-state index in [-0.39, 0.29) is 6.54 Å². The minimum atomic E-state index is -3.59. The maximum atomic E-state index is 13.1. The van der Waals surface area contributed by atoms with Crippen molar-refractivity contribution in [1.82, 2.24) is 4.31 Å². The van der Waals surface area contributed by atoms with Gasteiger partial charge in [-0.2, -0.15) is 9.57 Å². The fourth-order valence-corrected chi connectivity index (χ4v) is 4.48. The number of aryl methyl sites for hydroxylation is 2. The van der Waals surface area contributed by atoms with Crippen molar-refractivity contribution >= 4 is 10.0 Å². The molecule has 2 aromatic rings. The SMILES string of the molecule is Cc1cc(C)c(C)c(S(=O)(=O)N(C)Cc2ccc(C#N)cc2)c1C. The Morgan fingerprint density at radius 1 is 1.00 bits per heavy atom. The second-order valence-electron chi connectivity index (χ2n) is 6.16. The molecular formula is C19H22N2O2S.